The summed E-state index contributed by atoms with van der Waals surface area (Å²) in [5, 5.41) is 0. The molecule has 2 fully saturated rings. The molecule has 0 saturated carbocycles. The van der Waals surface area contributed by atoms with Crippen LogP contribution in [0.1, 0.15) is 35.6 Å². The highest BCUT2D eigenvalue weighted by Gasteiger charge is 2.45. The summed E-state index contributed by atoms with van der Waals surface area (Å²) < 4.78 is 19.7. The van der Waals surface area contributed by atoms with E-state index in [-0.39, 0.29) is 17.8 Å². The van der Waals surface area contributed by atoms with Crippen LogP contribution in [-0.4, -0.2) is 55.1 Å². The normalized spacial score (nSPS) is 18.7. The molecule has 5 heteroatoms. The van der Waals surface area contributed by atoms with Crippen LogP contribution in [0.4, 0.5) is 4.39 Å². The summed E-state index contributed by atoms with van der Waals surface area (Å²) in [6.45, 7) is 3.93. The number of hydrogen-bond acceptors (Lipinski definition) is 3. The maximum absolute atomic E-state index is 14.1. The van der Waals surface area contributed by atoms with Crippen LogP contribution in [0.5, 0.6) is 0 Å². The van der Waals surface area contributed by atoms with Crippen molar-refractivity contribution in [3.8, 4) is 0 Å². The van der Waals surface area contributed by atoms with Crippen LogP contribution in [0.15, 0.2) is 84.9 Å². The monoisotopic (exact) mass is 458 g/mol. The molecule has 2 aliphatic rings. The predicted molar refractivity (Wildman–Crippen MR) is 131 cm³/mol. The summed E-state index contributed by atoms with van der Waals surface area (Å²) in [6.07, 6.45) is 1.18. The minimum absolute atomic E-state index is 0.108. The minimum atomic E-state index is -0.708. The van der Waals surface area contributed by atoms with Crippen molar-refractivity contribution in [3.05, 3.63) is 107 Å². The number of halogens is 1. The number of ether oxygens (including phenoxy) is 1. The van der Waals surface area contributed by atoms with Gasteiger partial charge in [-0.3, -0.25) is 9.69 Å². The van der Waals surface area contributed by atoms with Gasteiger partial charge in [0.2, 0.25) is 5.91 Å². The molecule has 34 heavy (non-hydrogen) atoms. The van der Waals surface area contributed by atoms with Gasteiger partial charge in [-0.25, -0.2) is 4.39 Å². The second-order valence-corrected chi connectivity index (χ2v) is 9.26. The molecule has 2 heterocycles. The average Bonchev–Trinajstić information content (AvgIpc) is 2.90. The lowest BCUT2D eigenvalue weighted by atomic mass is 9.72. The van der Waals surface area contributed by atoms with Crippen molar-refractivity contribution in [2.75, 3.05) is 39.4 Å². The van der Waals surface area contributed by atoms with Crippen LogP contribution in [-0.2, 0) is 14.9 Å². The van der Waals surface area contributed by atoms with Gasteiger partial charge in [0.1, 0.15) is 5.82 Å². The highest BCUT2D eigenvalue weighted by Crippen LogP contribution is 2.38. The Hall–Kier alpha value is -3.02. The van der Waals surface area contributed by atoms with E-state index in [1.807, 2.05) is 23.1 Å². The second kappa shape index (κ2) is 10.1. The Morgan fingerprint density at radius 3 is 1.94 bits per heavy atom. The van der Waals surface area contributed by atoms with Gasteiger partial charge in [0, 0.05) is 39.4 Å². The molecule has 0 unspecified atom stereocenters. The Kier molecular flexibility index (Phi) is 6.75. The van der Waals surface area contributed by atoms with Crippen molar-refractivity contribution in [3.63, 3.8) is 0 Å². The quantitative estimate of drug-likeness (QED) is 0.550. The summed E-state index contributed by atoms with van der Waals surface area (Å²) in [7, 11) is 0. The van der Waals surface area contributed by atoms with Crippen molar-refractivity contribution >= 4 is 5.91 Å². The van der Waals surface area contributed by atoms with E-state index in [9.17, 15) is 9.18 Å². The van der Waals surface area contributed by atoms with E-state index < -0.39 is 5.41 Å². The first-order chi connectivity index (χ1) is 16.7. The summed E-state index contributed by atoms with van der Waals surface area (Å²) in [5.41, 5.74) is 2.58. The zero-order valence-corrected chi connectivity index (χ0v) is 19.4. The number of hydrogen-bond donors (Lipinski definition) is 0. The molecule has 0 aromatic heterocycles. The topological polar surface area (TPSA) is 32.8 Å². The summed E-state index contributed by atoms with van der Waals surface area (Å²) in [4.78, 5) is 18.4. The van der Waals surface area contributed by atoms with Crippen LogP contribution >= 0.6 is 0 Å². The van der Waals surface area contributed by atoms with Gasteiger partial charge in [0.15, 0.2) is 0 Å². The van der Waals surface area contributed by atoms with Crippen LogP contribution < -0.4 is 0 Å². The molecule has 3 aromatic rings. The third-order valence-electron chi connectivity index (χ3n) is 7.33. The van der Waals surface area contributed by atoms with Gasteiger partial charge in [0.05, 0.1) is 11.5 Å². The van der Waals surface area contributed by atoms with Gasteiger partial charge in [-0.1, -0.05) is 72.8 Å². The fraction of sp³-hybridized carbons (Fsp3) is 0.345. The van der Waals surface area contributed by atoms with Gasteiger partial charge in [-0.05, 0) is 41.7 Å². The molecule has 2 aliphatic heterocycles. The fourth-order valence-corrected chi connectivity index (χ4v) is 5.50. The van der Waals surface area contributed by atoms with E-state index in [2.05, 4.69) is 53.4 Å². The molecular weight excluding hydrogens is 427 g/mol. The first-order valence-corrected chi connectivity index (χ1v) is 12.1. The molecule has 0 N–H and O–H groups in total. The molecule has 0 spiro atoms. The number of piperazine rings is 1. The highest BCUT2D eigenvalue weighted by molar-refractivity contribution is 5.88. The van der Waals surface area contributed by atoms with Crippen LogP contribution in [0, 0.1) is 5.82 Å². The van der Waals surface area contributed by atoms with Crippen molar-refractivity contribution in [1.82, 2.24) is 9.80 Å². The van der Waals surface area contributed by atoms with Crippen molar-refractivity contribution < 1.29 is 13.9 Å². The Morgan fingerprint density at radius 1 is 0.794 bits per heavy atom. The Balaban J connectivity index is 1.37. The molecule has 3 aromatic carbocycles. The minimum Gasteiger partial charge on any atom is -0.381 e. The lowest BCUT2D eigenvalue weighted by molar-refractivity contribution is -0.143. The number of benzene rings is 3. The molecule has 2 saturated heterocycles. The third-order valence-corrected chi connectivity index (χ3v) is 7.33. The fourth-order valence-electron chi connectivity index (χ4n) is 5.50. The summed E-state index contributed by atoms with van der Waals surface area (Å²) in [6, 6.07) is 27.8. The molecule has 0 radical (unpaired) electrons. The van der Waals surface area contributed by atoms with Gasteiger partial charge in [0.25, 0.3) is 0 Å². The highest BCUT2D eigenvalue weighted by atomic mass is 19.1. The lowest BCUT2D eigenvalue weighted by Gasteiger charge is -2.44. The van der Waals surface area contributed by atoms with Gasteiger partial charge in [-0.2, -0.15) is 0 Å². The molecule has 4 nitrogen and oxygen atoms in total. The average molecular weight is 459 g/mol. The van der Waals surface area contributed by atoms with Gasteiger partial charge in [-0.15, -0.1) is 0 Å². The first kappa shape index (κ1) is 22.8. The number of nitrogens with zero attached hydrogens (tertiary/aromatic N) is 2. The van der Waals surface area contributed by atoms with Crippen molar-refractivity contribution in [1.29, 1.82) is 0 Å². The van der Waals surface area contributed by atoms with E-state index in [0.29, 0.717) is 39.1 Å². The number of carbonyl (C=O) groups is 1. The number of rotatable bonds is 5. The number of carbonyl (C=O) groups excluding carboxylic acids is 1. The van der Waals surface area contributed by atoms with Crippen molar-refractivity contribution in [2.24, 2.45) is 0 Å². The molecule has 0 bridgehead atoms. The van der Waals surface area contributed by atoms with E-state index >= 15 is 0 Å². The largest absolute Gasteiger partial charge is 0.381 e. The standard InChI is InChI=1S/C29H31FN2O2/c30-26-13-7-12-25(22-26)29(14-20-34-21-15-29)28(33)32-18-16-31(17-19-32)27(23-8-3-1-4-9-23)24-10-5-2-6-11-24/h1-13,22,27H,14-21H2. The molecule has 0 atom stereocenters. The van der Waals surface area contributed by atoms with E-state index in [0.717, 1.165) is 18.7 Å². The first-order valence-electron chi connectivity index (χ1n) is 12.1. The predicted octanol–water partition coefficient (Wildman–Crippen LogP) is 4.81. The summed E-state index contributed by atoms with van der Waals surface area (Å²) >= 11 is 0. The van der Waals surface area contributed by atoms with Crippen LogP contribution in [0.2, 0.25) is 0 Å². The summed E-state index contributed by atoms with van der Waals surface area (Å²) in [5.74, 6) is -0.188. The maximum Gasteiger partial charge on any atom is 0.233 e. The van der Waals surface area contributed by atoms with Gasteiger partial charge >= 0.3 is 0 Å². The third kappa shape index (κ3) is 4.50. The molecule has 5 rings (SSSR count). The van der Waals surface area contributed by atoms with Crippen LogP contribution in [0.3, 0.4) is 0 Å². The molecular formula is C29H31FN2O2. The zero-order valence-electron chi connectivity index (χ0n) is 19.4. The maximum atomic E-state index is 14.1. The van der Waals surface area contributed by atoms with Gasteiger partial charge < -0.3 is 9.64 Å². The second-order valence-electron chi connectivity index (χ2n) is 9.26. The Bertz CT molecular complexity index is 1050. The Labute approximate surface area is 201 Å². The molecule has 0 aliphatic carbocycles. The van der Waals surface area contributed by atoms with E-state index in [1.54, 1.807) is 6.07 Å². The zero-order chi connectivity index (χ0) is 23.4. The van der Waals surface area contributed by atoms with Crippen molar-refractivity contribution in [2.45, 2.75) is 24.3 Å². The molecule has 1 amide bonds. The van der Waals surface area contributed by atoms with E-state index in [1.165, 1.54) is 23.3 Å². The smallest absolute Gasteiger partial charge is 0.233 e. The number of amides is 1. The molecule has 176 valence electrons. The van der Waals surface area contributed by atoms with Crippen LogP contribution in [0.25, 0.3) is 0 Å². The van der Waals surface area contributed by atoms with E-state index in [4.69, 9.17) is 4.74 Å². The lowest BCUT2D eigenvalue weighted by Crippen LogP contribution is -2.56. The SMILES string of the molecule is O=C(N1CCN(C(c2ccccc2)c2ccccc2)CC1)C1(c2cccc(F)c2)CCOCC1. The Morgan fingerprint density at radius 2 is 1.38 bits per heavy atom.